The largest absolute Gasteiger partial charge is 0.494 e. The van der Waals surface area contributed by atoms with E-state index in [-0.39, 0.29) is 22.8 Å². The van der Waals surface area contributed by atoms with E-state index in [1.807, 2.05) is 25.1 Å². The minimum absolute atomic E-state index is 0.0744. The Balaban J connectivity index is 1.60. The molecule has 7 nitrogen and oxygen atoms in total. The number of hydrogen-bond acceptors (Lipinski definition) is 5. The van der Waals surface area contributed by atoms with Gasteiger partial charge in [0.25, 0.3) is 15.9 Å². The lowest BCUT2D eigenvalue weighted by Crippen LogP contribution is -2.22. The molecule has 186 valence electrons. The number of nitrogens with one attached hydrogen (secondary N) is 2. The highest BCUT2D eigenvalue weighted by Crippen LogP contribution is 2.33. The molecule has 0 aliphatic heterocycles. The van der Waals surface area contributed by atoms with E-state index in [1.165, 1.54) is 24.3 Å². The van der Waals surface area contributed by atoms with Crippen molar-refractivity contribution < 1.29 is 22.7 Å². The molecule has 3 rings (SSSR count). The molecule has 0 saturated heterocycles. The molecule has 0 aliphatic carbocycles. The molecule has 35 heavy (non-hydrogen) atoms. The van der Waals surface area contributed by atoms with Gasteiger partial charge in [-0.3, -0.25) is 9.52 Å². The predicted molar refractivity (Wildman–Crippen MR) is 142 cm³/mol. The van der Waals surface area contributed by atoms with Gasteiger partial charge in [0.15, 0.2) is 6.61 Å². The van der Waals surface area contributed by atoms with Gasteiger partial charge >= 0.3 is 0 Å². The molecule has 0 aromatic heterocycles. The van der Waals surface area contributed by atoms with Crippen molar-refractivity contribution in [2.75, 3.05) is 23.3 Å². The second kappa shape index (κ2) is 11.1. The topological polar surface area (TPSA) is 93.7 Å². The molecule has 0 bridgehead atoms. The van der Waals surface area contributed by atoms with E-state index in [9.17, 15) is 13.2 Å². The van der Waals surface area contributed by atoms with Crippen molar-refractivity contribution >= 4 is 43.2 Å². The van der Waals surface area contributed by atoms with E-state index in [0.29, 0.717) is 29.5 Å². The third-order valence-electron chi connectivity index (χ3n) is 4.97. The molecule has 1 amide bonds. The molecule has 9 heteroatoms. The normalized spacial score (nSPS) is 11.6. The third kappa shape index (κ3) is 7.47. The zero-order valence-corrected chi connectivity index (χ0v) is 22.5. The Kier molecular flexibility index (Phi) is 8.45. The number of hydrogen-bond donors (Lipinski definition) is 2. The van der Waals surface area contributed by atoms with Crippen LogP contribution in [0.1, 0.15) is 33.3 Å². The smallest absolute Gasteiger partial charge is 0.262 e. The minimum Gasteiger partial charge on any atom is -0.494 e. The molecule has 0 heterocycles. The van der Waals surface area contributed by atoms with Crippen LogP contribution in [-0.4, -0.2) is 27.5 Å². The summed E-state index contributed by atoms with van der Waals surface area (Å²) in [4.78, 5) is 12.5. The highest BCUT2D eigenvalue weighted by molar-refractivity contribution is 9.10. The number of sulfonamides is 1. The van der Waals surface area contributed by atoms with Gasteiger partial charge in [0, 0.05) is 21.4 Å². The van der Waals surface area contributed by atoms with Crippen molar-refractivity contribution in [1.82, 2.24) is 0 Å². The summed E-state index contributed by atoms with van der Waals surface area (Å²) in [5.41, 5.74) is 1.71. The van der Waals surface area contributed by atoms with Gasteiger partial charge < -0.3 is 14.8 Å². The van der Waals surface area contributed by atoms with Gasteiger partial charge in [-0.25, -0.2) is 8.42 Å². The zero-order valence-electron chi connectivity index (χ0n) is 20.1. The fraction of sp³-hybridized carbons (Fsp3) is 0.269. The van der Waals surface area contributed by atoms with Crippen molar-refractivity contribution in [1.29, 1.82) is 0 Å². The second-order valence-corrected chi connectivity index (χ2v) is 11.4. The number of ether oxygens (including phenoxy) is 2. The maximum absolute atomic E-state index is 12.7. The summed E-state index contributed by atoms with van der Waals surface area (Å²) >= 11 is 3.47. The Morgan fingerprint density at radius 2 is 1.54 bits per heavy atom. The predicted octanol–water partition coefficient (Wildman–Crippen LogP) is 5.96. The second-order valence-electron chi connectivity index (χ2n) is 8.81. The molecule has 3 aromatic rings. The Morgan fingerprint density at radius 1 is 0.914 bits per heavy atom. The van der Waals surface area contributed by atoms with Crippen LogP contribution in [0.5, 0.6) is 11.5 Å². The summed E-state index contributed by atoms with van der Waals surface area (Å²) in [6, 6.07) is 18.3. The molecule has 0 fully saturated rings. The van der Waals surface area contributed by atoms with Crippen molar-refractivity contribution in [2.45, 2.75) is 38.0 Å². The van der Waals surface area contributed by atoms with E-state index in [4.69, 9.17) is 9.47 Å². The van der Waals surface area contributed by atoms with Crippen molar-refractivity contribution in [3.05, 3.63) is 76.8 Å². The number of rotatable bonds is 9. The lowest BCUT2D eigenvalue weighted by Gasteiger charge is -2.23. The van der Waals surface area contributed by atoms with Gasteiger partial charge in [-0.1, -0.05) is 36.7 Å². The van der Waals surface area contributed by atoms with E-state index < -0.39 is 10.0 Å². The Labute approximate surface area is 215 Å². The SMILES string of the molecule is CCOc1ccc(NS(=O)(=O)c2ccc(NC(=O)COc3ccc(Br)cc3C(C)(C)C)cc2)cc1. The highest BCUT2D eigenvalue weighted by Gasteiger charge is 2.20. The fourth-order valence-electron chi connectivity index (χ4n) is 3.27. The van der Waals surface area contributed by atoms with Crippen LogP contribution in [0.25, 0.3) is 0 Å². The molecule has 0 saturated carbocycles. The number of carbonyl (C=O) groups excluding carboxylic acids is 1. The standard InChI is InChI=1S/C26H29BrN2O5S/c1-5-33-21-11-7-20(8-12-21)29-35(31,32)22-13-9-19(10-14-22)28-25(30)17-34-24-15-6-18(27)16-23(24)26(2,3)4/h6-16,29H,5,17H2,1-4H3,(H,28,30). The molecule has 0 aliphatic rings. The molecule has 3 aromatic carbocycles. The average molecular weight is 561 g/mol. The monoisotopic (exact) mass is 560 g/mol. The number of halogens is 1. The summed E-state index contributed by atoms with van der Waals surface area (Å²) in [6.07, 6.45) is 0. The van der Waals surface area contributed by atoms with Crippen LogP contribution in [0, 0.1) is 0 Å². The van der Waals surface area contributed by atoms with E-state index in [2.05, 4.69) is 46.7 Å². The first kappa shape index (κ1) is 26.6. The first-order valence-electron chi connectivity index (χ1n) is 11.1. The van der Waals surface area contributed by atoms with Crippen molar-refractivity contribution in [2.24, 2.45) is 0 Å². The van der Waals surface area contributed by atoms with Crippen LogP contribution < -0.4 is 19.5 Å². The van der Waals surface area contributed by atoms with Crippen LogP contribution in [0.2, 0.25) is 0 Å². The molecule has 2 N–H and O–H groups in total. The van der Waals surface area contributed by atoms with Crippen LogP contribution in [0.15, 0.2) is 76.1 Å². The van der Waals surface area contributed by atoms with Gasteiger partial charge in [0.05, 0.1) is 11.5 Å². The average Bonchev–Trinajstić information content (AvgIpc) is 2.79. The Morgan fingerprint density at radius 3 is 2.14 bits per heavy atom. The Bertz CT molecular complexity index is 1270. The fourth-order valence-corrected chi connectivity index (χ4v) is 4.69. The lowest BCUT2D eigenvalue weighted by atomic mass is 9.86. The van der Waals surface area contributed by atoms with Crippen LogP contribution in [0.4, 0.5) is 11.4 Å². The number of carbonyl (C=O) groups is 1. The Hall–Kier alpha value is -3.04. The van der Waals surface area contributed by atoms with Crippen LogP contribution in [-0.2, 0) is 20.2 Å². The first-order valence-corrected chi connectivity index (χ1v) is 13.3. The highest BCUT2D eigenvalue weighted by atomic mass is 79.9. The molecule has 0 radical (unpaired) electrons. The van der Waals surface area contributed by atoms with Gasteiger partial charge in [-0.2, -0.15) is 0 Å². The van der Waals surface area contributed by atoms with E-state index >= 15 is 0 Å². The van der Waals surface area contributed by atoms with Gasteiger partial charge in [-0.15, -0.1) is 0 Å². The summed E-state index contributed by atoms with van der Waals surface area (Å²) in [5, 5.41) is 2.73. The minimum atomic E-state index is -3.78. The quantitative estimate of drug-likeness (QED) is 0.336. The zero-order chi connectivity index (χ0) is 25.6. The van der Waals surface area contributed by atoms with Crippen molar-refractivity contribution in [3.8, 4) is 11.5 Å². The van der Waals surface area contributed by atoms with E-state index in [1.54, 1.807) is 24.3 Å². The maximum Gasteiger partial charge on any atom is 0.262 e. The molecule has 0 spiro atoms. The summed E-state index contributed by atoms with van der Waals surface area (Å²) in [7, 11) is -3.78. The van der Waals surface area contributed by atoms with Gasteiger partial charge in [-0.05, 0) is 79.1 Å². The van der Waals surface area contributed by atoms with Gasteiger partial charge in [0.2, 0.25) is 0 Å². The summed E-state index contributed by atoms with van der Waals surface area (Å²) in [5.74, 6) is 0.947. The summed E-state index contributed by atoms with van der Waals surface area (Å²) < 4.78 is 40.0. The summed E-state index contributed by atoms with van der Waals surface area (Å²) in [6.45, 7) is 8.44. The number of benzene rings is 3. The number of amides is 1. The maximum atomic E-state index is 12.7. The lowest BCUT2D eigenvalue weighted by molar-refractivity contribution is -0.118. The molecular formula is C26H29BrN2O5S. The van der Waals surface area contributed by atoms with Gasteiger partial charge in [0.1, 0.15) is 11.5 Å². The molecule has 0 atom stereocenters. The van der Waals surface area contributed by atoms with Crippen molar-refractivity contribution in [3.63, 3.8) is 0 Å². The van der Waals surface area contributed by atoms with E-state index in [0.717, 1.165) is 10.0 Å². The van der Waals surface area contributed by atoms with Crippen LogP contribution >= 0.6 is 15.9 Å². The first-order chi connectivity index (χ1) is 16.5. The third-order valence-corrected chi connectivity index (χ3v) is 6.86. The molecule has 0 unspecified atom stereocenters. The number of anilines is 2. The van der Waals surface area contributed by atoms with Crippen LogP contribution in [0.3, 0.4) is 0 Å². The molecular weight excluding hydrogens is 532 g/mol.